The van der Waals surface area contributed by atoms with Crippen LogP contribution in [-0.2, 0) is 12.8 Å². The van der Waals surface area contributed by atoms with Crippen LogP contribution in [-0.4, -0.2) is 14.6 Å². The lowest BCUT2D eigenvalue weighted by Crippen LogP contribution is -2.27. The molecule has 4 aromatic heterocycles. The summed E-state index contributed by atoms with van der Waals surface area (Å²) in [5.74, 6) is 0.221. The largest absolute Gasteiger partial charge is 0.462 e. The molecule has 0 unspecified atom stereocenters. The number of aromatic amines is 2. The van der Waals surface area contributed by atoms with Crippen LogP contribution in [0, 0.1) is 0 Å². The van der Waals surface area contributed by atoms with Gasteiger partial charge in [-0.05, 0) is 42.9 Å². The standard InChI is InChI=1S/C13H16N2O2.C13H15NO3/c1-4-9-7-10-5-6-11(8(2)3)13(17)15(10)14-12(9)16;1-4-8-5-10-11(14-13(8)16)12(15)9(6-17-10)7(2)3/h5-8H,4H2,1-3H3,(H,14,16);5-7H,4H2,1-3H3,(H,14,16). The molecule has 180 valence electrons. The lowest BCUT2D eigenvalue weighted by Gasteiger charge is -2.08. The highest BCUT2D eigenvalue weighted by Gasteiger charge is 2.12. The summed E-state index contributed by atoms with van der Waals surface area (Å²) in [5, 5.41) is 2.62. The van der Waals surface area contributed by atoms with E-state index < -0.39 is 0 Å². The van der Waals surface area contributed by atoms with Gasteiger partial charge in [-0.15, -0.1) is 0 Å². The van der Waals surface area contributed by atoms with Gasteiger partial charge in [-0.1, -0.05) is 47.6 Å². The van der Waals surface area contributed by atoms with E-state index in [9.17, 15) is 19.2 Å². The van der Waals surface area contributed by atoms with Crippen LogP contribution >= 0.6 is 0 Å². The summed E-state index contributed by atoms with van der Waals surface area (Å²) in [6.07, 6.45) is 2.75. The molecular weight excluding hydrogens is 434 g/mol. The highest BCUT2D eigenvalue weighted by molar-refractivity contribution is 5.72. The Labute approximate surface area is 196 Å². The Balaban J connectivity index is 0.000000191. The molecule has 0 aliphatic carbocycles. The monoisotopic (exact) mass is 465 g/mol. The molecule has 0 radical (unpaired) electrons. The highest BCUT2D eigenvalue weighted by Crippen LogP contribution is 2.15. The van der Waals surface area contributed by atoms with Gasteiger partial charge in [-0.2, -0.15) is 0 Å². The molecule has 0 saturated heterocycles. The van der Waals surface area contributed by atoms with E-state index in [0.29, 0.717) is 40.7 Å². The van der Waals surface area contributed by atoms with Gasteiger partial charge in [0.25, 0.3) is 16.7 Å². The first-order chi connectivity index (χ1) is 16.1. The molecule has 4 heterocycles. The summed E-state index contributed by atoms with van der Waals surface area (Å²) >= 11 is 0. The molecule has 0 aromatic carbocycles. The van der Waals surface area contributed by atoms with Crippen LogP contribution in [0.1, 0.15) is 75.6 Å². The Bertz CT molecular complexity index is 1450. The number of H-pyrrole nitrogens is 2. The zero-order valence-corrected chi connectivity index (χ0v) is 20.4. The number of hydrogen-bond donors (Lipinski definition) is 2. The van der Waals surface area contributed by atoms with E-state index in [0.717, 1.165) is 5.52 Å². The van der Waals surface area contributed by atoms with Gasteiger partial charge in [-0.25, -0.2) is 4.52 Å². The van der Waals surface area contributed by atoms with E-state index in [1.54, 1.807) is 12.1 Å². The van der Waals surface area contributed by atoms with Crippen LogP contribution in [0.25, 0.3) is 16.6 Å². The first-order valence-electron chi connectivity index (χ1n) is 11.5. The normalized spacial score (nSPS) is 11.3. The molecule has 0 aliphatic heterocycles. The molecule has 0 amide bonds. The van der Waals surface area contributed by atoms with E-state index in [4.69, 9.17) is 4.42 Å². The second-order valence-corrected chi connectivity index (χ2v) is 8.86. The molecule has 0 spiro atoms. The van der Waals surface area contributed by atoms with Crippen LogP contribution < -0.4 is 22.1 Å². The summed E-state index contributed by atoms with van der Waals surface area (Å²) in [7, 11) is 0. The third kappa shape index (κ3) is 4.81. The van der Waals surface area contributed by atoms with Crippen LogP contribution in [0.5, 0.6) is 0 Å². The number of pyridine rings is 2. The minimum atomic E-state index is -0.215. The van der Waals surface area contributed by atoms with Crippen molar-refractivity contribution in [1.29, 1.82) is 0 Å². The molecular formula is C26H31N3O5. The lowest BCUT2D eigenvalue weighted by atomic mass is 10.1. The van der Waals surface area contributed by atoms with Crippen LogP contribution in [0.15, 0.2) is 54.1 Å². The maximum Gasteiger partial charge on any atom is 0.273 e. The minimum Gasteiger partial charge on any atom is -0.462 e. The van der Waals surface area contributed by atoms with E-state index >= 15 is 0 Å². The van der Waals surface area contributed by atoms with Crippen molar-refractivity contribution >= 4 is 16.6 Å². The highest BCUT2D eigenvalue weighted by atomic mass is 16.3. The number of nitrogens with zero attached hydrogens (tertiary/aromatic N) is 1. The van der Waals surface area contributed by atoms with Gasteiger partial charge in [0.15, 0.2) is 5.58 Å². The predicted octanol–water partition coefficient (Wildman–Crippen LogP) is 3.84. The molecule has 0 atom stereocenters. The van der Waals surface area contributed by atoms with Gasteiger partial charge in [0.2, 0.25) is 5.43 Å². The average molecular weight is 466 g/mol. The zero-order valence-electron chi connectivity index (χ0n) is 20.4. The molecule has 4 aromatic rings. The summed E-state index contributed by atoms with van der Waals surface area (Å²) in [6, 6.07) is 7.11. The molecule has 0 fully saturated rings. The fourth-order valence-electron chi connectivity index (χ4n) is 3.71. The third-order valence-electron chi connectivity index (χ3n) is 5.86. The number of rotatable bonds is 4. The summed E-state index contributed by atoms with van der Waals surface area (Å²) < 4.78 is 6.74. The fraction of sp³-hybridized carbons (Fsp3) is 0.385. The van der Waals surface area contributed by atoms with Gasteiger partial charge in [0.05, 0.1) is 11.8 Å². The van der Waals surface area contributed by atoms with Crippen molar-refractivity contribution in [3.05, 3.63) is 94.1 Å². The maximum absolute atomic E-state index is 12.1. The Morgan fingerprint density at radius 3 is 2.06 bits per heavy atom. The minimum absolute atomic E-state index is 0.0741. The molecule has 8 nitrogen and oxygen atoms in total. The van der Waals surface area contributed by atoms with Crippen LogP contribution in [0.2, 0.25) is 0 Å². The van der Waals surface area contributed by atoms with E-state index in [2.05, 4.69) is 10.1 Å². The lowest BCUT2D eigenvalue weighted by molar-refractivity contribution is 0.583. The van der Waals surface area contributed by atoms with Crippen molar-refractivity contribution in [1.82, 2.24) is 14.6 Å². The van der Waals surface area contributed by atoms with Crippen molar-refractivity contribution in [2.75, 3.05) is 0 Å². The first-order valence-corrected chi connectivity index (χ1v) is 11.5. The molecule has 2 N–H and O–H groups in total. The first kappa shape index (κ1) is 25.0. The number of nitrogens with one attached hydrogen (secondary N) is 2. The molecule has 0 aliphatic rings. The fourth-order valence-corrected chi connectivity index (χ4v) is 3.71. The second-order valence-electron chi connectivity index (χ2n) is 8.86. The van der Waals surface area contributed by atoms with Gasteiger partial charge < -0.3 is 9.40 Å². The Morgan fingerprint density at radius 2 is 1.47 bits per heavy atom. The maximum atomic E-state index is 12.1. The molecule has 4 rings (SSSR count). The van der Waals surface area contributed by atoms with Gasteiger partial charge in [0.1, 0.15) is 5.52 Å². The van der Waals surface area contributed by atoms with Crippen LogP contribution in [0.3, 0.4) is 0 Å². The van der Waals surface area contributed by atoms with Gasteiger partial charge >= 0.3 is 0 Å². The van der Waals surface area contributed by atoms with E-state index in [1.165, 1.54) is 10.8 Å². The number of aromatic nitrogens is 3. The van der Waals surface area contributed by atoms with Crippen molar-refractivity contribution in [2.45, 2.75) is 66.2 Å². The van der Waals surface area contributed by atoms with Crippen molar-refractivity contribution in [3.63, 3.8) is 0 Å². The third-order valence-corrected chi connectivity index (χ3v) is 5.86. The van der Waals surface area contributed by atoms with Gasteiger partial charge in [0, 0.05) is 22.3 Å². The SMILES string of the molecule is CCc1cc2ccc(C(C)C)c(=O)n2[nH]c1=O.CCc1cc2occ(C(C)C)c(=O)c2[nH]c1=O. The van der Waals surface area contributed by atoms with Crippen molar-refractivity contribution < 1.29 is 4.42 Å². The predicted molar refractivity (Wildman–Crippen MR) is 134 cm³/mol. The Kier molecular flexibility index (Phi) is 7.39. The molecule has 34 heavy (non-hydrogen) atoms. The Morgan fingerprint density at radius 1 is 0.853 bits per heavy atom. The van der Waals surface area contributed by atoms with Crippen molar-refractivity contribution in [2.24, 2.45) is 0 Å². The van der Waals surface area contributed by atoms with E-state index in [1.807, 2.05) is 53.7 Å². The van der Waals surface area contributed by atoms with Crippen LogP contribution in [0.4, 0.5) is 0 Å². The number of fused-ring (bicyclic) bond motifs is 2. The Hall–Kier alpha value is -3.68. The second kappa shape index (κ2) is 10.1. The average Bonchev–Trinajstić information content (AvgIpc) is 2.79. The molecule has 0 bridgehead atoms. The summed E-state index contributed by atoms with van der Waals surface area (Å²) in [5.41, 5.74) is 3.35. The van der Waals surface area contributed by atoms with Gasteiger partial charge in [-0.3, -0.25) is 24.3 Å². The zero-order chi connectivity index (χ0) is 25.2. The summed E-state index contributed by atoms with van der Waals surface area (Å²) in [6.45, 7) is 11.6. The molecule has 0 saturated carbocycles. The van der Waals surface area contributed by atoms with E-state index in [-0.39, 0.29) is 39.5 Å². The van der Waals surface area contributed by atoms with Crippen molar-refractivity contribution in [3.8, 4) is 0 Å². The quantitative estimate of drug-likeness (QED) is 0.475. The number of hydrogen-bond acceptors (Lipinski definition) is 5. The summed E-state index contributed by atoms with van der Waals surface area (Å²) in [4.78, 5) is 50.2. The number of aryl methyl sites for hydroxylation is 2. The smallest absolute Gasteiger partial charge is 0.273 e. The molecule has 8 heteroatoms. The topological polar surface area (TPSA) is 117 Å².